The van der Waals surface area contributed by atoms with Crippen LogP contribution < -0.4 is 0 Å². The fourth-order valence-corrected chi connectivity index (χ4v) is 5.66. The summed E-state index contributed by atoms with van der Waals surface area (Å²) in [5.74, 6) is -0.0114. The van der Waals surface area contributed by atoms with Crippen molar-refractivity contribution in [2.75, 3.05) is 0 Å². The lowest BCUT2D eigenvalue weighted by atomic mass is 9.86. The van der Waals surface area contributed by atoms with Gasteiger partial charge in [0.05, 0.1) is 6.42 Å². The molecule has 3 aliphatic rings. The van der Waals surface area contributed by atoms with Crippen LogP contribution in [0.1, 0.15) is 77.2 Å². The van der Waals surface area contributed by atoms with Crippen LogP contribution in [0.5, 0.6) is 0 Å². The van der Waals surface area contributed by atoms with Crippen molar-refractivity contribution < 1.29 is 9.53 Å². The van der Waals surface area contributed by atoms with Gasteiger partial charge >= 0.3 is 5.97 Å². The number of carbonyl (C=O) groups is 1. The molecule has 2 bridgehead atoms. The molecule has 0 aromatic heterocycles. The number of esters is 1. The molecule has 2 aliphatic heterocycles. The Morgan fingerprint density at radius 3 is 2.41 bits per heavy atom. The van der Waals surface area contributed by atoms with E-state index in [1.165, 1.54) is 42.4 Å². The Labute approximate surface area is 163 Å². The highest BCUT2D eigenvalue weighted by molar-refractivity contribution is 5.79. The smallest absolute Gasteiger partial charge is 0.310 e. The van der Waals surface area contributed by atoms with Gasteiger partial charge in [0.2, 0.25) is 0 Å². The highest BCUT2D eigenvalue weighted by Crippen LogP contribution is 2.39. The number of fused-ring (bicyclic) bond motifs is 2. The van der Waals surface area contributed by atoms with Crippen LogP contribution in [0.4, 0.5) is 0 Å². The Bertz CT molecular complexity index is 680. The first-order valence-electron chi connectivity index (χ1n) is 10.8. The van der Waals surface area contributed by atoms with E-state index in [0.717, 1.165) is 25.7 Å². The SMILES string of the molecule is CC(C)N1C2CCC1CC(OC(=O)CC1=C(c3ccccc3)CCCC1)C2. The molecule has 1 aromatic carbocycles. The van der Waals surface area contributed by atoms with Gasteiger partial charge in [-0.2, -0.15) is 0 Å². The van der Waals surface area contributed by atoms with Crippen LogP contribution in [0.3, 0.4) is 0 Å². The number of hydrogen-bond donors (Lipinski definition) is 0. The molecule has 1 aliphatic carbocycles. The highest BCUT2D eigenvalue weighted by Gasteiger charge is 2.43. The van der Waals surface area contributed by atoms with Gasteiger partial charge in [-0.25, -0.2) is 0 Å². The minimum atomic E-state index is -0.0114. The molecule has 0 amide bonds. The number of piperidine rings is 1. The Hall–Kier alpha value is -1.61. The summed E-state index contributed by atoms with van der Waals surface area (Å²) in [5.41, 5.74) is 3.97. The zero-order chi connectivity index (χ0) is 18.8. The normalized spacial score (nSPS) is 28.6. The van der Waals surface area contributed by atoms with Crippen molar-refractivity contribution in [3.05, 3.63) is 41.5 Å². The first-order valence-corrected chi connectivity index (χ1v) is 10.8. The van der Waals surface area contributed by atoms with Crippen molar-refractivity contribution in [1.82, 2.24) is 4.90 Å². The van der Waals surface area contributed by atoms with Crippen LogP contribution in [-0.4, -0.2) is 35.1 Å². The van der Waals surface area contributed by atoms with Gasteiger partial charge in [-0.05, 0) is 63.5 Å². The molecule has 2 unspecified atom stereocenters. The van der Waals surface area contributed by atoms with E-state index < -0.39 is 0 Å². The summed E-state index contributed by atoms with van der Waals surface area (Å²) >= 11 is 0. The maximum Gasteiger partial charge on any atom is 0.310 e. The third-order valence-corrected chi connectivity index (χ3v) is 6.70. The first kappa shape index (κ1) is 18.7. The number of ether oxygens (including phenoxy) is 1. The molecular formula is C24H33NO2. The summed E-state index contributed by atoms with van der Waals surface area (Å²) in [6, 6.07) is 12.4. The third-order valence-electron chi connectivity index (χ3n) is 6.70. The molecule has 2 saturated heterocycles. The maximum atomic E-state index is 12.7. The molecule has 2 atom stereocenters. The standard InChI is InChI=1S/C24H33NO2/c1-17(2)25-20-12-13-21(25)16-22(15-20)27-24(26)14-19-10-6-7-11-23(19)18-8-4-3-5-9-18/h3-5,8-9,17,20-22H,6-7,10-16H2,1-2H3. The zero-order valence-corrected chi connectivity index (χ0v) is 16.8. The van der Waals surface area contributed by atoms with Gasteiger partial charge in [0, 0.05) is 31.0 Å². The predicted octanol–water partition coefficient (Wildman–Crippen LogP) is 5.35. The van der Waals surface area contributed by atoms with Crippen LogP contribution in [0.25, 0.3) is 5.57 Å². The summed E-state index contributed by atoms with van der Waals surface area (Å²) in [6.07, 6.45) is 9.70. The van der Waals surface area contributed by atoms with E-state index in [9.17, 15) is 4.79 Å². The van der Waals surface area contributed by atoms with Gasteiger partial charge in [0.25, 0.3) is 0 Å². The molecular weight excluding hydrogens is 334 g/mol. The summed E-state index contributed by atoms with van der Waals surface area (Å²) < 4.78 is 5.99. The second kappa shape index (κ2) is 8.18. The second-order valence-electron chi connectivity index (χ2n) is 8.84. The van der Waals surface area contributed by atoms with Gasteiger partial charge in [0.15, 0.2) is 0 Å². The molecule has 0 radical (unpaired) electrons. The molecule has 2 heterocycles. The van der Waals surface area contributed by atoms with Gasteiger partial charge in [-0.1, -0.05) is 35.9 Å². The monoisotopic (exact) mass is 367 g/mol. The van der Waals surface area contributed by atoms with Crippen LogP contribution in [0.2, 0.25) is 0 Å². The van der Waals surface area contributed by atoms with Crippen LogP contribution in [0.15, 0.2) is 35.9 Å². The fourth-order valence-electron chi connectivity index (χ4n) is 5.66. The van der Waals surface area contributed by atoms with Crippen molar-refractivity contribution in [3.63, 3.8) is 0 Å². The van der Waals surface area contributed by atoms with Crippen LogP contribution in [0, 0.1) is 0 Å². The van der Waals surface area contributed by atoms with E-state index in [1.807, 2.05) is 0 Å². The number of allylic oxidation sites excluding steroid dienone is 1. The quantitative estimate of drug-likeness (QED) is 0.657. The molecule has 1 aromatic rings. The average molecular weight is 368 g/mol. The lowest BCUT2D eigenvalue weighted by Crippen LogP contribution is -2.49. The molecule has 0 spiro atoms. The number of benzene rings is 1. The number of rotatable bonds is 5. The van der Waals surface area contributed by atoms with Gasteiger partial charge in [0.1, 0.15) is 6.10 Å². The van der Waals surface area contributed by atoms with E-state index in [2.05, 4.69) is 49.1 Å². The summed E-state index contributed by atoms with van der Waals surface area (Å²) in [7, 11) is 0. The molecule has 3 heteroatoms. The predicted molar refractivity (Wildman–Crippen MR) is 109 cm³/mol. The van der Waals surface area contributed by atoms with Crippen molar-refractivity contribution in [3.8, 4) is 0 Å². The number of nitrogens with zero attached hydrogens (tertiary/aromatic N) is 1. The van der Waals surface area contributed by atoms with Crippen LogP contribution >= 0.6 is 0 Å². The minimum absolute atomic E-state index is 0.0114. The van der Waals surface area contributed by atoms with E-state index in [4.69, 9.17) is 4.74 Å². The maximum absolute atomic E-state index is 12.7. The lowest BCUT2D eigenvalue weighted by molar-refractivity contribution is -0.152. The van der Waals surface area contributed by atoms with Crippen LogP contribution in [-0.2, 0) is 9.53 Å². The molecule has 27 heavy (non-hydrogen) atoms. The van der Waals surface area contributed by atoms with Gasteiger partial charge < -0.3 is 4.74 Å². The molecule has 146 valence electrons. The van der Waals surface area contributed by atoms with Crippen molar-refractivity contribution in [2.24, 2.45) is 0 Å². The largest absolute Gasteiger partial charge is 0.462 e. The Morgan fingerprint density at radius 1 is 1.07 bits per heavy atom. The highest BCUT2D eigenvalue weighted by atomic mass is 16.5. The fraction of sp³-hybridized carbons (Fsp3) is 0.625. The Balaban J connectivity index is 1.40. The Kier molecular flexibility index (Phi) is 5.68. The molecule has 0 N–H and O–H groups in total. The third kappa shape index (κ3) is 4.13. The molecule has 3 nitrogen and oxygen atoms in total. The zero-order valence-electron chi connectivity index (χ0n) is 16.8. The van der Waals surface area contributed by atoms with Crippen molar-refractivity contribution in [2.45, 2.75) is 95.9 Å². The van der Waals surface area contributed by atoms with E-state index >= 15 is 0 Å². The first-order chi connectivity index (χ1) is 13.1. The average Bonchev–Trinajstić information content (AvgIpc) is 2.94. The summed E-state index contributed by atoms with van der Waals surface area (Å²) in [6.45, 7) is 4.58. The van der Waals surface area contributed by atoms with Crippen molar-refractivity contribution in [1.29, 1.82) is 0 Å². The lowest BCUT2D eigenvalue weighted by Gasteiger charge is -2.41. The minimum Gasteiger partial charge on any atom is -0.462 e. The number of hydrogen-bond acceptors (Lipinski definition) is 3. The Morgan fingerprint density at radius 2 is 1.74 bits per heavy atom. The van der Waals surface area contributed by atoms with E-state index in [0.29, 0.717) is 24.5 Å². The van der Waals surface area contributed by atoms with Crippen molar-refractivity contribution >= 4 is 11.5 Å². The van der Waals surface area contributed by atoms with Gasteiger partial charge in [-0.3, -0.25) is 9.69 Å². The van der Waals surface area contributed by atoms with E-state index in [-0.39, 0.29) is 12.1 Å². The summed E-state index contributed by atoms with van der Waals surface area (Å²) in [4.78, 5) is 15.4. The topological polar surface area (TPSA) is 29.5 Å². The second-order valence-corrected chi connectivity index (χ2v) is 8.84. The summed E-state index contributed by atoms with van der Waals surface area (Å²) in [5, 5.41) is 0. The number of carbonyl (C=O) groups excluding carboxylic acids is 1. The van der Waals surface area contributed by atoms with Gasteiger partial charge in [-0.15, -0.1) is 0 Å². The molecule has 0 saturated carbocycles. The molecule has 4 rings (SSSR count). The molecule has 2 fully saturated rings. The van der Waals surface area contributed by atoms with E-state index in [1.54, 1.807) is 0 Å².